The summed E-state index contributed by atoms with van der Waals surface area (Å²) in [6.07, 6.45) is 1.67. The Balaban J connectivity index is 1.90. The molecule has 2 aromatic rings. The van der Waals surface area contributed by atoms with Crippen LogP contribution in [0.4, 0.5) is 0 Å². The predicted octanol–water partition coefficient (Wildman–Crippen LogP) is 4.23. The Labute approximate surface area is 144 Å². The molecule has 1 aliphatic heterocycles. The summed E-state index contributed by atoms with van der Waals surface area (Å²) in [7, 11) is 0. The Hall–Kier alpha value is -2.59. The number of carbonyl (C=O) groups excluding carboxylic acids is 2. The molecule has 3 rings (SSSR count). The van der Waals surface area contributed by atoms with Gasteiger partial charge < -0.3 is 9.47 Å². The van der Waals surface area contributed by atoms with Crippen LogP contribution in [-0.2, 0) is 4.79 Å². The number of carbonyl (C=O) groups is 2. The highest BCUT2D eigenvalue weighted by Crippen LogP contribution is 2.39. The van der Waals surface area contributed by atoms with Crippen molar-refractivity contribution in [3.05, 3.63) is 63.9 Å². The molecule has 0 aromatic heterocycles. The Morgan fingerprint density at radius 1 is 1.21 bits per heavy atom. The van der Waals surface area contributed by atoms with Crippen molar-refractivity contribution in [2.45, 2.75) is 13.8 Å². The van der Waals surface area contributed by atoms with Crippen molar-refractivity contribution in [1.29, 1.82) is 0 Å². The topological polar surface area (TPSA) is 52.6 Å². The first kappa shape index (κ1) is 16.3. The van der Waals surface area contributed by atoms with Gasteiger partial charge in [-0.3, -0.25) is 9.59 Å². The van der Waals surface area contributed by atoms with Crippen LogP contribution in [0.15, 0.2) is 42.2 Å². The number of Topliss-reactive ketones (excluding diaryl/α,β-unsaturated/α-hetero) is 2. The van der Waals surface area contributed by atoms with E-state index in [9.17, 15) is 9.59 Å². The first-order chi connectivity index (χ1) is 11.5. The number of benzene rings is 2. The first-order valence-electron chi connectivity index (χ1n) is 7.41. The molecule has 0 fully saturated rings. The maximum atomic E-state index is 12.5. The summed E-state index contributed by atoms with van der Waals surface area (Å²) in [6, 6.07) is 10.5. The molecule has 4 nitrogen and oxygen atoms in total. The lowest BCUT2D eigenvalue weighted by molar-refractivity contribution is -0.118. The molecule has 0 bridgehead atoms. The number of halogens is 1. The van der Waals surface area contributed by atoms with E-state index in [1.54, 1.807) is 37.3 Å². The van der Waals surface area contributed by atoms with Gasteiger partial charge >= 0.3 is 0 Å². The molecule has 2 aromatic carbocycles. The van der Waals surface area contributed by atoms with E-state index >= 15 is 0 Å². The van der Waals surface area contributed by atoms with Gasteiger partial charge in [-0.15, -0.1) is 0 Å². The lowest BCUT2D eigenvalue weighted by Gasteiger charge is -2.10. The smallest absolute Gasteiger partial charge is 0.231 e. The third-order valence-electron chi connectivity index (χ3n) is 3.64. The number of ketones is 2. The number of rotatable bonds is 4. The van der Waals surface area contributed by atoms with Crippen LogP contribution in [0.25, 0.3) is 6.08 Å². The summed E-state index contributed by atoms with van der Waals surface area (Å²) in [5.41, 5.74) is 2.01. The van der Waals surface area contributed by atoms with Crippen molar-refractivity contribution in [3.63, 3.8) is 0 Å². The summed E-state index contributed by atoms with van der Waals surface area (Å²) in [4.78, 5) is 23.5. The predicted molar refractivity (Wildman–Crippen MR) is 91.7 cm³/mol. The monoisotopic (exact) mass is 342 g/mol. The molecular weight excluding hydrogens is 328 g/mol. The molecular formula is C19H15ClO4. The normalized spacial score (nSPS) is 14.5. The second-order valence-corrected chi connectivity index (χ2v) is 5.98. The molecule has 0 atom stereocenters. The molecule has 0 amide bonds. The molecule has 0 N–H and O–H groups in total. The van der Waals surface area contributed by atoms with Crippen molar-refractivity contribution in [2.24, 2.45) is 0 Å². The van der Waals surface area contributed by atoms with E-state index in [1.807, 2.05) is 12.1 Å². The number of hydrogen-bond acceptors (Lipinski definition) is 4. The molecule has 122 valence electrons. The summed E-state index contributed by atoms with van der Waals surface area (Å²) in [5, 5.41) is 0.627. The fraction of sp³-hybridized carbons (Fsp3) is 0.158. The molecule has 24 heavy (non-hydrogen) atoms. The molecule has 1 aliphatic rings. The number of allylic oxidation sites excluding steroid dienone is 1. The summed E-state index contributed by atoms with van der Waals surface area (Å²) < 4.78 is 11.2. The van der Waals surface area contributed by atoms with Crippen molar-refractivity contribution < 1.29 is 19.1 Å². The van der Waals surface area contributed by atoms with Gasteiger partial charge in [-0.05, 0) is 49.8 Å². The van der Waals surface area contributed by atoms with Crippen LogP contribution >= 0.6 is 11.6 Å². The number of fused-ring (bicyclic) bond motifs is 1. The summed E-state index contributed by atoms with van der Waals surface area (Å²) in [5.74, 6) is 1.00. The van der Waals surface area contributed by atoms with Gasteiger partial charge in [0, 0.05) is 10.6 Å². The zero-order valence-corrected chi connectivity index (χ0v) is 14.0. The number of ether oxygens (including phenoxy) is 2. The van der Waals surface area contributed by atoms with Crippen molar-refractivity contribution in [1.82, 2.24) is 0 Å². The lowest BCUT2D eigenvalue weighted by Crippen LogP contribution is -2.07. The highest BCUT2D eigenvalue weighted by molar-refractivity contribution is 6.30. The van der Waals surface area contributed by atoms with Gasteiger partial charge in [-0.2, -0.15) is 0 Å². The van der Waals surface area contributed by atoms with Gasteiger partial charge in [0.15, 0.2) is 11.5 Å². The van der Waals surface area contributed by atoms with Gasteiger partial charge in [0.05, 0.1) is 5.56 Å². The number of hydrogen-bond donors (Lipinski definition) is 0. The molecule has 0 saturated heterocycles. The van der Waals surface area contributed by atoms with E-state index in [4.69, 9.17) is 21.1 Å². The van der Waals surface area contributed by atoms with Crippen molar-refractivity contribution in [2.75, 3.05) is 6.61 Å². The first-order valence-corrected chi connectivity index (χ1v) is 7.79. The van der Waals surface area contributed by atoms with Gasteiger partial charge in [0.2, 0.25) is 5.78 Å². The molecule has 0 radical (unpaired) electrons. The quantitative estimate of drug-likeness (QED) is 0.780. The molecule has 0 saturated carbocycles. The van der Waals surface area contributed by atoms with Crippen LogP contribution < -0.4 is 9.47 Å². The Morgan fingerprint density at radius 2 is 1.92 bits per heavy atom. The van der Waals surface area contributed by atoms with Gasteiger partial charge in [0.25, 0.3) is 0 Å². The van der Waals surface area contributed by atoms with Crippen molar-refractivity contribution in [3.8, 4) is 11.5 Å². The Morgan fingerprint density at radius 3 is 2.58 bits per heavy atom. The molecule has 0 unspecified atom stereocenters. The van der Waals surface area contributed by atoms with Crippen LogP contribution in [0.2, 0.25) is 5.02 Å². The maximum Gasteiger partial charge on any atom is 0.231 e. The second kappa shape index (κ2) is 6.49. The van der Waals surface area contributed by atoms with E-state index in [0.717, 1.165) is 5.56 Å². The average Bonchev–Trinajstić information content (AvgIpc) is 2.86. The highest BCUT2D eigenvalue weighted by Gasteiger charge is 2.30. The van der Waals surface area contributed by atoms with E-state index in [0.29, 0.717) is 27.6 Å². The highest BCUT2D eigenvalue weighted by atomic mass is 35.5. The maximum absolute atomic E-state index is 12.5. The summed E-state index contributed by atoms with van der Waals surface area (Å²) in [6.45, 7) is 3.24. The largest absolute Gasteiger partial charge is 0.485 e. The van der Waals surface area contributed by atoms with Crippen LogP contribution in [-0.4, -0.2) is 18.2 Å². The van der Waals surface area contributed by atoms with Crippen LogP contribution in [0, 0.1) is 6.92 Å². The SMILES string of the molecule is CC(=O)COc1ccc2c(c1C)O/C(=C\c1ccc(Cl)cc1)C2=O. The second-order valence-electron chi connectivity index (χ2n) is 5.55. The molecule has 1 heterocycles. The molecule has 0 aliphatic carbocycles. The third kappa shape index (κ3) is 3.19. The van der Waals surface area contributed by atoms with Crippen LogP contribution in [0.3, 0.4) is 0 Å². The van der Waals surface area contributed by atoms with Crippen molar-refractivity contribution >= 4 is 29.2 Å². The Kier molecular flexibility index (Phi) is 4.40. The minimum absolute atomic E-state index is 0.0129. The van der Waals surface area contributed by atoms with Crippen LogP contribution in [0.1, 0.15) is 28.4 Å². The zero-order valence-electron chi connectivity index (χ0n) is 13.3. The standard InChI is InChI=1S/C19H15ClO4/c1-11(21)10-23-16-8-7-15-18(22)17(24-19(15)12(16)2)9-13-3-5-14(20)6-4-13/h3-9H,10H2,1-2H3/b17-9-. The summed E-state index contributed by atoms with van der Waals surface area (Å²) >= 11 is 5.86. The van der Waals surface area contributed by atoms with E-state index in [1.165, 1.54) is 6.92 Å². The van der Waals surface area contributed by atoms with Gasteiger partial charge in [0.1, 0.15) is 18.1 Å². The minimum atomic E-state index is -0.179. The van der Waals surface area contributed by atoms with Crippen LogP contribution in [0.5, 0.6) is 11.5 Å². The van der Waals surface area contributed by atoms with E-state index in [2.05, 4.69) is 0 Å². The lowest BCUT2D eigenvalue weighted by atomic mass is 10.1. The van der Waals surface area contributed by atoms with Gasteiger partial charge in [-0.25, -0.2) is 0 Å². The average molecular weight is 343 g/mol. The molecule has 0 spiro atoms. The third-order valence-corrected chi connectivity index (χ3v) is 3.89. The van der Waals surface area contributed by atoms with E-state index in [-0.39, 0.29) is 23.9 Å². The molecule has 5 heteroatoms. The van der Waals surface area contributed by atoms with Gasteiger partial charge in [-0.1, -0.05) is 23.7 Å². The fourth-order valence-electron chi connectivity index (χ4n) is 2.41. The zero-order chi connectivity index (χ0) is 17.3. The Bertz CT molecular complexity index is 850. The van der Waals surface area contributed by atoms with E-state index < -0.39 is 0 Å². The fourth-order valence-corrected chi connectivity index (χ4v) is 2.54. The minimum Gasteiger partial charge on any atom is -0.485 e.